The van der Waals surface area contributed by atoms with Gasteiger partial charge in [0.2, 0.25) is 5.91 Å². The highest BCUT2D eigenvalue weighted by Crippen LogP contribution is 2.66. The van der Waals surface area contributed by atoms with Gasteiger partial charge in [-0.25, -0.2) is 0 Å². The van der Waals surface area contributed by atoms with E-state index in [0.29, 0.717) is 36.5 Å². The molecule has 1 spiro atoms. The molecule has 3 aliphatic rings. The Morgan fingerprint density at radius 3 is 2.66 bits per heavy atom. The van der Waals surface area contributed by atoms with Gasteiger partial charge in [-0.3, -0.25) is 14.4 Å². The number of amides is 2. The van der Waals surface area contributed by atoms with E-state index < -0.39 is 28.6 Å². The van der Waals surface area contributed by atoms with Gasteiger partial charge in [0.05, 0.1) is 16.6 Å². The van der Waals surface area contributed by atoms with Gasteiger partial charge in [0.1, 0.15) is 12.6 Å². The zero-order valence-electron chi connectivity index (χ0n) is 19.6. The van der Waals surface area contributed by atoms with Gasteiger partial charge in [0.15, 0.2) is 0 Å². The Labute approximate surface area is 215 Å². The third-order valence-corrected chi connectivity index (χ3v) is 9.38. The van der Waals surface area contributed by atoms with Crippen LogP contribution in [0.3, 0.4) is 0 Å². The second kappa shape index (κ2) is 10.8. The molecule has 2 unspecified atom stereocenters. The van der Waals surface area contributed by atoms with E-state index in [4.69, 9.17) is 16.3 Å². The zero-order valence-corrected chi connectivity index (χ0v) is 21.2. The number of halogens is 1. The Balaban J connectivity index is 1.72. The van der Waals surface area contributed by atoms with Crippen LogP contribution >= 0.6 is 23.4 Å². The van der Waals surface area contributed by atoms with Crippen molar-refractivity contribution in [3.63, 3.8) is 0 Å². The number of hydrogen-bond acceptors (Lipinski definition) is 6. The maximum Gasteiger partial charge on any atom is 0.311 e. The molecule has 0 aromatic heterocycles. The summed E-state index contributed by atoms with van der Waals surface area (Å²) in [6, 6.07) is 6.28. The summed E-state index contributed by atoms with van der Waals surface area (Å²) < 4.78 is 4.69. The molecule has 9 heteroatoms. The van der Waals surface area contributed by atoms with E-state index >= 15 is 0 Å². The molecule has 1 aromatic rings. The maximum absolute atomic E-state index is 14.2. The fraction of sp³-hybridized carbons (Fsp3) is 0.500. The summed E-state index contributed by atoms with van der Waals surface area (Å²) in [5.41, 5.74) is 0.668. The molecule has 3 aliphatic heterocycles. The number of aliphatic hydroxyl groups excluding tert-OH is 1. The van der Waals surface area contributed by atoms with Gasteiger partial charge < -0.3 is 19.6 Å². The number of nitrogens with zero attached hydrogens (tertiary/aromatic N) is 2. The van der Waals surface area contributed by atoms with Crippen LogP contribution in [0, 0.1) is 11.8 Å². The van der Waals surface area contributed by atoms with E-state index in [9.17, 15) is 19.5 Å². The van der Waals surface area contributed by atoms with Crippen molar-refractivity contribution in [3.8, 4) is 0 Å². The van der Waals surface area contributed by atoms with Crippen molar-refractivity contribution in [1.82, 2.24) is 4.90 Å². The molecule has 3 saturated heterocycles. The third kappa shape index (κ3) is 4.52. The van der Waals surface area contributed by atoms with Gasteiger partial charge in [0.25, 0.3) is 5.91 Å². The van der Waals surface area contributed by atoms with Crippen LogP contribution in [0.4, 0.5) is 5.69 Å². The molecule has 0 saturated carbocycles. The van der Waals surface area contributed by atoms with Gasteiger partial charge in [-0.15, -0.1) is 18.3 Å². The molecule has 3 fully saturated rings. The average molecular weight is 519 g/mol. The number of unbranched alkanes of at least 4 members (excludes halogenated alkanes) is 1. The van der Waals surface area contributed by atoms with Crippen LogP contribution in [-0.2, 0) is 19.1 Å². The van der Waals surface area contributed by atoms with Crippen molar-refractivity contribution in [2.75, 3.05) is 31.2 Å². The van der Waals surface area contributed by atoms with Crippen molar-refractivity contribution in [2.24, 2.45) is 11.8 Å². The van der Waals surface area contributed by atoms with Gasteiger partial charge in [0, 0.05) is 35.7 Å². The first kappa shape index (κ1) is 25.8. The predicted molar refractivity (Wildman–Crippen MR) is 137 cm³/mol. The van der Waals surface area contributed by atoms with Crippen LogP contribution in [0.25, 0.3) is 0 Å². The van der Waals surface area contributed by atoms with Gasteiger partial charge in [-0.2, -0.15) is 0 Å². The molecular weight excluding hydrogens is 488 g/mol. The molecule has 35 heavy (non-hydrogen) atoms. The van der Waals surface area contributed by atoms with Crippen molar-refractivity contribution < 1.29 is 24.2 Å². The summed E-state index contributed by atoms with van der Waals surface area (Å²) in [5, 5.41) is 9.80. The number of rotatable bonds is 11. The topological polar surface area (TPSA) is 87.2 Å². The van der Waals surface area contributed by atoms with Crippen molar-refractivity contribution in [3.05, 3.63) is 54.6 Å². The zero-order chi connectivity index (χ0) is 25.2. The van der Waals surface area contributed by atoms with Gasteiger partial charge in [-0.1, -0.05) is 30.3 Å². The number of anilines is 1. The van der Waals surface area contributed by atoms with E-state index in [-0.39, 0.29) is 36.8 Å². The van der Waals surface area contributed by atoms with Crippen molar-refractivity contribution in [2.45, 2.75) is 41.7 Å². The molecule has 188 valence electrons. The van der Waals surface area contributed by atoms with Crippen LogP contribution in [0.5, 0.6) is 0 Å². The average Bonchev–Trinajstić information content (AvgIpc) is 3.49. The van der Waals surface area contributed by atoms with E-state index in [1.54, 1.807) is 51.9 Å². The second-order valence-corrected chi connectivity index (χ2v) is 11.2. The van der Waals surface area contributed by atoms with Crippen LogP contribution < -0.4 is 4.90 Å². The molecule has 4 rings (SSSR count). The highest BCUT2D eigenvalue weighted by molar-refractivity contribution is 8.02. The fourth-order valence-corrected chi connectivity index (χ4v) is 8.12. The molecule has 2 amide bonds. The number of benzene rings is 1. The first-order valence-corrected chi connectivity index (χ1v) is 13.2. The van der Waals surface area contributed by atoms with E-state index in [0.717, 1.165) is 6.42 Å². The number of esters is 1. The lowest BCUT2D eigenvalue weighted by Crippen LogP contribution is -2.55. The molecule has 3 heterocycles. The molecule has 2 bridgehead atoms. The Morgan fingerprint density at radius 2 is 2.00 bits per heavy atom. The Morgan fingerprint density at radius 1 is 1.26 bits per heavy atom. The normalized spacial score (nSPS) is 28.6. The van der Waals surface area contributed by atoms with Gasteiger partial charge in [-0.05, 0) is 49.9 Å². The molecule has 1 N–H and O–H groups in total. The number of likely N-dealkylation sites (tertiary alicyclic amines) is 1. The van der Waals surface area contributed by atoms with E-state index in [1.807, 2.05) is 0 Å². The first-order chi connectivity index (χ1) is 16.9. The van der Waals surface area contributed by atoms with Crippen LogP contribution in [0.15, 0.2) is 49.6 Å². The Kier molecular flexibility index (Phi) is 7.93. The van der Waals surface area contributed by atoms with Gasteiger partial charge >= 0.3 is 5.97 Å². The summed E-state index contributed by atoms with van der Waals surface area (Å²) >= 11 is 7.67. The lowest BCUT2D eigenvalue weighted by Gasteiger charge is -2.37. The number of ether oxygens (including phenoxy) is 1. The molecule has 5 atom stereocenters. The van der Waals surface area contributed by atoms with E-state index in [2.05, 4.69) is 13.2 Å². The third-order valence-electron chi connectivity index (χ3n) is 7.17. The largest absolute Gasteiger partial charge is 0.461 e. The second-order valence-electron chi connectivity index (χ2n) is 9.15. The highest BCUT2D eigenvalue weighted by atomic mass is 35.5. The summed E-state index contributed by atoms with van der Waals surface area (Å²) in [6.45, 7) is 8.14. The van der Waals surface area contributed by atoms with Crippen LogP contribution in [0.2, 0.25) is 5.02 Å². The molecule has 7 nitrogen and oxygen atoms in total. The number of fused-ring (bicyclic) bond motifs is 1. The molecule has 0 radical (unpaired) electrons. The molecular formula is C26H31ClN2O5S. The molecule has 1 aromatic carbocycles. The minimum atomic E-state index is -0.721. The number of carbonyl (C=O) groups is 3. The number of thioether (sulfide) groups is 1. The Hall–Kier alpha value is -2.29. The number of hydrogen-bond donors (Lipinski definition) is 1. The van der Waals surface area contributed by atoms with Crippen LogP contribution in [0.1, 0.15) is 25.7 Å². The minimum Gasteiger partial charge on any atom is -0.461 e. The summed E-state index contributed by atoms with van der Waals surface area (Å²) in [4.78, 5) is 44.4. The van der Waals surface area contributed by atoms with Crippen molar-refractivity contribution >= 4 is 46.8 Å². The first-order valence-electron chi connectivity index (χ1n) is 11.9. The highest BCUT2D eigenvalue weighted by Gasteiger charge is 2.74. The maximum atomic E-state index is 14.2. The molecule has 0 aliphatic carbocycles. The lowest BCUT2D eigenvalue weighted by atomic mass is 9.71. The number of carbonyl (C=O) groups excluding carboxylic acids is 3. The SMILES string of the molecule is C=CCOC(=O)[C@@H]1[C@@H]2CCC3(S2)C(C(=O)N(CC=C)c2ccc(Cl)cc2)N(CCCCO)C(=O)[C@H]13. The fourth-order valence-electron chi connectivity index (χ4n) is 5.79. The monoisotopic (exact) mass is 518 g/mol. The van der Waals surface area contributed by atoms with Crippen molar-refractivity contribution in [1.29, 1.82) is 0 Å². The summed E-state index contributed by atoms with van der Waals surface area (Å²) in [5.74, 6) is -1.96. The Bertz CT molecular complexity index is 1000. The minimum absolute atomic E-state index is 0.00983. The quantitative estimate of drug-likeness (QED) is 0.274. The summed E-state index contributed by atoms with van der Waals surface area (Å²) in [7, 11) is 0. The smallest absolute Gasteiger partial charge is 0.311 e. The number of aliphatic hydroxyl groups is 1. The van der Waals surface area contributed by atoms with E-state index in [1.165, 1.54) is 6.08 Å². The standard InChI is InChI=1S/C26H31ClN2O5S/c1-3-13-28(18-9-7-17(27)8-10-18)24(32)22-26-12-11-19(35-26)20(25(33)34-16-4-2)21(26)23(31)29(22)14-5-6-15-30/h3-4,7-10,19-22,30H,1-2,5-6,11-16H2/t19-,20+,21-,22?,26?/m0/s1. The summed E-state index contributed by atoms with van der Waals surface area (Å²) in [6.07, 6.45) is 5.69. The lowest BCUT2D eigenvalue weighted by molar-refractivity contribution is -0.153. The predicted octanol–water partition coefficient (Wildman–Crippen LogP) is 3.45. The van der Waals surface area contributed by atoms with Crippen LogP contribution in [-0.4, -0.2) is 70.1 Å².